The maximum atomic E-state index is 12.4. The van der Waals surface area contributed by atoms with Gasteiger partial charge in [-0.05, 0) is 19.8 Å². The minimum absolute atomic E-state index is 0.194. The first-order valence-corrected chi connectivity index (χ1v) is 6.75. The number of likely N-dealkylation sites (tertiary alicyclic amines) is 1. The van der Waals surface area contributed by atoms with Crippen LogP contribution in [0.1, 0.15) is 19.8 Å². The second-order valence-electron chi connectivity index (χ2n) is 5.61. The van der Waals surface area contributed by atoms with Crippen LogP contribution >= 0.6 is 0 Å². The monoisotopic (exact) mass is 281 g/mol. The fourth-order valence-corrected chi connectivity index (χ4v) is 2.68. The maximum absolute atomic E-state index is 12.4. The van der Waals surface area contributed by atoms with Gasteiger partial charge in [-0.15, -0.1) is 0 Å². The van der Waals surface area contributed by atoms with E-state index in [0.717, 1.165) is 0 Å². The second kappa shape index (κ2) is 5.67. The smallest absolute Gasteiger partial charge is 0.320 e. The van der Waals surface area contributed by atoms with E-state index in [2.05, 4.69) is 0 Å². The van der Waals surface area contributed by atoms with Gasteiger partial charge in [-0.2, -0.15) is 5.26 Å². The maximum Gasteiger partial charge on any atom is 0.320 e. The molecular weight excluding hydrogens is 262 g/mol. The summed E-state index contributed by atoms with van der Waals surface area (Å²) in [4.78, 5) is 26.9. The zero-order valence-electron chi connectivity index (χ0n) is 11.5. The van der Waals surface area contributed by atoms with Gasteiger partial charge in [0.25, 0.3) is 0 Å². The number of piperidine rings is 1. The topological polar surface area (TPSA) is 93.9 Å². The minimum atomic E-state index is -0.880. The molecule has 0 aromatic carbocycles. The van der Waals surface area contributed by atoms with E-state index in [1.165, 1.54) is 0 Å². The molecule has 110 valence electrons. The third-order valence-corrected chi connectivity index (χ3v) is 3.96. The zero-order chi connectivity index (χ0) is 14.8. The molecule has 2 atom stereocenters. The number of hydrogen-bond donors (Lipinski definition) is 1. The molecule has 0 aromatic rings. The molecule has 2 unspecified atom stereocenters. The van der Waals surface area contributed by atoms with E-state index < -0.39 is 17.5 Å². The van der Waals surface area contributed by atoms with Gasteiger partial charge in [-0.1, -0.05) is 0 Å². The van der Waals surface area contributed by atoms with Crippen molar-refractivity contribution in [1.29, 1.82) is 5.26 Å². The van der Waals surface area contributed by atoms with Crippen LogP contribution in [0.25, 0.3) is 0 Å². The Labute approximate surface area is 117 Å². The van der Waals surface area contributed by atoms with Crippen molar-refractivity contribution in [2.45, 2.75) is 25.9 Å². The number of hydrogen-bond acceptors (Lipinski definition) is 4. The van der Waals surface area contributed by atoms with Crippen molar-refractivity contribution >= 4 is 12.0 Å². The number of amides is 2. The highest BCUT2D eigenvalue weighted by Gasteiger charge is 2.40. The number of carboxylic acids is 1. The molecule has 1 N–H and O–H groups in total. The normalized spacial score (nSPS) is 30.7. The summed E-state index contributed by atoms with van der Waals surface area (Å²) in [7, 11) is 0. The Balaban J connectivity index is 2.02. The standard InChI is InChI=1S/C13H19N3O4/c1-13(11(17)18)3-2-4-16(9-13)12(19)15-5-6-20-10(7-14)8-15/h10H,2-6,8-9H2,1H3,(H,17,18). The minimum Gasteiger partial charge on any atom is -0.481 e. The predicted molar refractivity (Wildman–Crippen MR) is 68.9 cm³/mol. The summed E-state index contributed by atoms with van der Waals surface area (Å²) < 4.78 is 5.21. The van der Waals surface area contributed by atoms with Gasteiger partial charge in [0, 0.05) is 19.6 Å². The number of morpholine rings is 1. The number of carbonyl (C=O) groups excluding carboxylic acids is 1. The van der Waals surface area contributed by atoms with Crippen molar-refractivity contribution in [1.82, 2.24) is 9.80 Å². The lowest BCUT2D eigenvalue weighted by molar-refractivity contribution is -0.150. The van der Waals surface area contributed by atoms with Gasteiger partial charge in [0.05, 0.1) is 24.6 Å². The van der Waals surface area contributed by atoms with Crippen LogP contribution in [0, 0.1) is 16.7 Å². The van der Waals surface area contributed by atoms with Gasteiger partial charge in [0.1, 0.15) is 0 Å². The van der Waals surface area contributed by atoms with Crippen LogP contribution in [0.3, 0.4) is 0 Å². The van der Waals surface area contributed by atoms with Crippen molar-refractivity contribution in [2.24, 2.45) is 5.41 Å². The van der Waals surface area contributed by atoms with E-state index in [0.29, 0.717) is 32.5 Å². The molecule has 2 saturated heterocycles. The van der Waals surface area contributed by atoms with Crippen molar-refractivity contribution < 1.29 is 19.4 Å². The van der Waals surface area contributed by atoms with Crippen LogP contribution < -0.4 is 0 Å². The van der Waals surface area contributed by atoms with Crippen LogP contribution in [0.2, 0.25) is 0 Å². The highest BCUT2D eigenvalue weighted by Crippen LogP contribution is 2.30. The Bertz CT molecular complexity index is 447. The highest BCUT2D eigenvalue weighted by molar-refractivity contribution is 5.78. The third-order valence-electron chi connectivity index (χ3n) is 3.96. The molecule has 0 spiro atoms. The van der Waals surface area contributed by atoms with E-state index in [1.807, 2.05) is 6.07 Å². The molecule has 0 aromatic heterocycles. The van der Waals surface area contributed by atoms with Crippen LogP contribution in [0.15, 0.2) is 0 Å². The molecule has 7 heteroatoms. The number of ether oxygens (including phenoxy) is 1. The molecule has 2 amide bonds. The van der Waals surface area contributed by atoms with Gasteiger partial charge >= 0.3 is 12.0 Å². The largest absolute Gasteiger partial charge is 0.481 e. The summed E-state index contributed by atoms with van der Waals surface area (Å²) in [6.07, 6.45) is 0.666. The van der Waals surface area contributed by atoms with Crippen LogP contribution in [0.5, 0.6) is 0 Å². The summed E-state index contributed by atoms with van der Waals surface area (Å²) in [5, 5.41) is 18.1. The van der Waals surface area contributed by atoms with Crippen molar-refractivity contribution in [3.8, 4) is 6.07 Å². The first-order chi connectivity index (χ1) is 9.46. The number of aliphatic carboxylic acids is 1. The third kappa shape index (κ3) is 2.85. The summed E-state index contributed by atoms with van der Waals surface area (Å²) in [5.74, 6) is -0.869. The fraction of sp³-hybridized carbons (Fsp3) is 0.769. The Hall–Kier alpha value is -1.81. The van der Waals surface area contributed by atoms with Gasteiger partial charge < -0.3 is 19.6 Å². The average molecular weight is 281 g/mol. The van der Waals surface area contributed by atoms with Crippen molar-refractivity contribution in [2.75, 3.05) is 32.8 Å². The molecular formula is C13H19N3O4. The highest BCUT2D eigenvalue weighted by atomic mass is 16.5. The van der Waals surface area contributed by atoms with Crippen molar-refractivity contribution in [3.63, 3.8) is 0 Å². The summed E-state index contributed by atoms with van der Waals surface area (Å²) in [6, 6.07) is 1.80. The number of carbonyl (C=O) groups is 2. The number of rotatable bonds is 1. The van der Waals surface area contributed by atoms with Crippen LogP contribution in [0.4, 0.5) is 4.79 Å². The van der Waals surface area contributed by atoms with Gasteiger partial charge in [-0.25, -0.2) is 4.79 Å². The zero-order valence-corrected chi connectivity index (χ0v) is 11.5. The lowest BCUT2D eigenvalue weighted by Gasteiger charge is -2.41. The number of carboxylic acid groups (broad SMARTS) is 1. The van der Waals surface area contributed by atoms with E-state index in [4.69, 9.17) is 10.00 Å². The lowest BCUT2D eigenvalue weighted by atomic mass is 9.82. The molecule has 2 fully saturated rings. The summed E-state index contributed by atoms with van der Waals surface area (Å²) >= 11 is 0. The number of urea groups is 1. The Morgan fingerprint density at radius 3 is 2.80 bits per heavy atom. The molecule has 2 aliphatic heterocycles. The summed E-state index contributed by atoms with van der Waals surface area (Å²) in [6.45, 7) is 3.49. The Kier molecular flexibility index (Phi) is 4.14. The van der Waals surface area contributed by atoms with E-state index in [-0.39, 0.29) is 19.1 Å². The van der Waals surface area contributed by atoms with Gasteiger partial charge in [0.15, 0.2) is 6.10 Å². The first-order valence-electron chi connectivity index (χ1n) is 6.75. The Morgan fingerprint density at radius 2 is 2.15 bits per heavy atom. The molecule has 7 nitrogen and oxygen atoms in total. The molecule has 0 bridgehead atoms. The van der Waals surface area contributed by atoms with Gasteiger partial charge in [0.2, 0.25) is 0 Å². The molecule has 2 aliphatic rings. The second-order valence-corrected chi connectivity index (χ2v) is 5.61. The van der Waals surface area contributed by atoms with Crippen LogP contribution in [-0.2, 0) is 9.53 Å². The number of nitriles is 1. The average Bonchev–Trinajstić information content (AvgIpc) is 2.46. The molecule has 20 heavy (non-hydrogen) atoms. The SMILES string of the molecule is CC1(C(=O)O)CCCN(C(=O)N2CCOC(C#N)C2)C1. The van der Waals surface area contributed by atoms with Crippen LogP contribution in [-0.4, -0.2) is 65.8 Å². The predicted octanol–water partition coefficient (Wildman–Crippen LogP) is 0.517. The number of nitrogens with zero attached hydrogens (tertiary/aromatic N) is 3. The van der Waals surface area contributed by atoms with E-state index in [1.54, 1.807) is 16.7 Å². The first kappa shape index (κ1) is 14.6. The molecule has 2 heterocycles. The van der Waals surface area contributed by atoms with E-state index >= 15 is 0 Å². The molecule has 2 rings (SSSR count). The summed E-state index contributed by atoms with van der Waals surface area (Å²) in [5.41, 5.74) is -0.880. The van der Waals surface area contributed by atoms with Crippen molar-refractivity contribution in [3.05, 3.63) is 0 Å². The van der Waals surface area contributed by atoms with E-state index in [9.17, 15) is 14.7 Å². The Morgan fingerprint density at radius 1 is 1.40 bits per heavy atom. The lowest BCUT2D eigenvalue weighted by Crippen LogP contribution is -2.55. The fourth-order valence-electron chi connectivity index (χ4n) is 2.68. The molecule has 0 aliphatic carbocycles. The quantitative estimate of drug-likeness (QED) is 0.756. The van der Waals surface area contributed by atoms with Gasteiger partial charge in [-0.3, -0.25) is 4.79 Å². The molecule has 0 radical (unpaired) electrons. The molecule has 0 saturated carbocycles.